The SMILES string of the molecule is COCc1nc(S(N)(=O)=O)nn1-c1nc(Cl)cc(OC)n1. The molecule has 2 aromatic rings. The van der Waals surface area contributed by atoms with Crippen LogP contribution < -0.4 is 9.88 Å². The van der Waals surface area contributed by atoms with Crippen molar-refractivity contribution in [3.63, 3.8) is 0 Å². The van der Waals surface area contributed by atoms with Crippen molar-refractivity contribution in [2.75, 3.05) is 14.2 Å². The molecule has 114 valence electrons. The second-order valence-electron chi connectivity index (χ2n) is 3.73. The molecule has 21 heavy (non-hydrogen) atoms. The molecule has 0 amide bonds. The number of ether oxygens (including phenoxy) is 2. The summed E-state index contributed by atoms with van der Waals surface area (Å²) in [7, 11) is -1.26. The highest BCUT2D eigenvalue weighted by molar-refractivity contribution is 7.89. The summed E-state index contributed by atoms with van der Waals surface area (Å²) in [5.41, 5.74) is 0. The van der Waals surface area contributed by atoms with E-state index in [1.807, 2.05) is 0 Å². The minimum Gasteiger partial charge on any atom is -0.481 e. The van der Waals surface area contributed by atoms with E-state index in [-0.39, 0.29) is 29.4 Å². The van der Waals surface area contributed by atoms with E-state index < -0.39 is 15.2 Å². The second kappa shape index (κ2) is 5.89. The van der Waals surface area contributed by atoms with Crippen LogP contribution in [0.3, 0.4) is 0 Å². The van der Waals surface area contributed by atoms with E-state index >= 15 is 0 Å². The molecule has 0 aromatic carbocycles. The standard InChI is InChI=1S/C9H11ClN6O4S/c1-19-4-6-13-9(21(11,17)18)15-16(6)8-12-5(10)3-7(14-8)20-2/h3H,4H2,1-2H3,(H2,11,17,18). The molecule has 0 fully saturated rings. The van der Waals surface area contributed by atoms with Gasteiger partial charge in [0.05, 0.1) is 7.11 Å². The Morgan fingerprint density at radius 1 is 1.33 bits per heavy atom. The van der Waals surface area contributed by atoms with E-state index in [9.17, 15) is 8.42 Å². The molecule has 2 N–H and O–H groups in total. The van der Waals surface area contributed by atoms with Gasteiger partial charge in [0, 0.05) is 13.2 Å². The highest BCUT2D eigenvalue weighted by Gasteiger charge is 2.21. The zero-order valence-corrected chi connectivity index (χ0v) is 12.6. The molecule has 0 unspecified atom stereocenters. The summed E-state index contributed by atoms with van der Waals surface area (Å²) in [5, 5.41) is 8.28. The van der Waals surface area contributed by atoms with Crippen LogP contribution >= 0.6 is 11.6 Å². The molecule has 2 aromatic heterocycles. The van der Waals surface area contributed by atoms with E-state index in [1.54, 1.807) is 0 Å². The predicted octanol–water partition coefficient (Wildman–Crippen LogP) is -0.487. The van der Waals surface area contributed by atoms with E-state index in [0.29, 0.717) is 0 Å². The van der Waals surface area contributed by atoms with Crippen LogP contribution in [0.15, 0.2) is 11.2 Å². The zero-order valence-electron chi connectivity index (χ0n) is 11.0. The first-order valence-corrected chi connectivity index (χ1v) is 7.34. The number of primary sulfonamides is 1. The Morgan fingerprint density at radius 2 is 2.05 bits per heavy atom. The summed E-state index contributed by atoms with van der Waals surface area (Å²) in [6.07, 6.45) is 0. The average Bonchev–Trinajstić information content (AvgIpc) is 2.82. The van der Waals surface area contributed by atoms with Gasteiger partial charge in [-0.15, -0.1) is 5.10 Å². The largest absolute Gasteiger partial charge is 0.481 e. The quantitative estimate of drug-likeness (QED) is 0.724. The highest BCUT2D eigenvalue weighted by atomic mass is 35.5. The fourth-order valence-corrected chi connectivity index (χ4v) is 2.01. The molecule has 0 atom stereocenters. The molecule has 0 radical (unpaired) electrons. The minimum absolute atomic E-state index is 0.0196. The average molecular weight is 335 g/mol. The van der Waals surface area contributed by atoms with Crippen LogP contribution in [0.2, 0.25) is 5.15 Å². The van der Waals surface area contributed by atoms with Crippen LogP contribution in [0.4, 0.5) is 0 Å². The Kier molecular flexibility index (Phi) is 4.37. The monoisotopic (exact) mass is 334 g/mol. The van der Waals surface area contributed by atoms with Crippen LogP contribution in [0.5, 0.6) is 5.88 Å². The first-order chi connectivity index (χ1) is 9.85. The van der Waals surface area contributed by atoms with Crippen molar-refractivity contribution >= 4 is 21.6 Å². The summed E-state index contributed by atoms with van der Waals surface area (Å²) >= 11 is 5.84. The summed E-state index contributed by atoms with van der Waals surface area (Å²) in [6, 6.07) is 1.39. The summed E-state index contributed by atoms with van der Waals surface area (Å²) in [5.74, 6) is 0.306. The van der Waals surface area contributed by atoms with E-state index in [4.69, 9.17) is 26.2 Å². The van der Waals surface area contributed by atoms with Gasteiger partial charge < -0.3 is 9.47 Å². The Morgan fingerprint density at radius 3 is 2.62 bits per heavy atom. The van der Waals surface area contributed by atoms with Crippen LogP contribution in [0.25, 0.3) is 5.95 Å². The molecule has 2 rings (SSSR count). The van der Waals surface area contributed by atoms with Crippen molar-refractivity contribution in [2.45, 2.75) is 11.8 Å². The van der Waals surface area contributed by atoms with Gasteiger partial charge in [-0.1, -0.05) is 11.6 Å². The number of halogens is 1. The van der Waals surface area contributed by atoms with Gasteiger partial charge >= 0.3 is 0 Å². The highest BCUT2D eigenvalue weighted by Crippen LogP contribution is 2.17. The van der Waals surface area contributed by atoms with Crippen LogP contribution in [0, 0.1) is 0 Å². The maximum absolute atomic E-state index is 11.3. The lowest BCUT2D eigenvalue weighted by Gasteiger charge is -2.05. The number of nitrogens with two attached hydrogens (primary N) is 1. The van der Waals surface area contributed by atoms with Gasteiger partial charge in [-0.3, -0.25) is 0 Å². The fourth-order valence-electron chi connectivity index (χ4n) is 1.41. The smallest absolute Gasteiger partial charge is 0.282 e. The Bertz CT molecular complexity index is 762. The molecule has 0 saturated carbocycles. The molecule has 0 aliphatic rings. The van der Waals surface area contributed by atoms with Gasteiger partial charge in [-0.05, 0) is 0 Å². The van der Waals surface area contributed by atoms with Gasteiger partial charge in [0.15, 0.2) is 5.82 Å². The molecular weight excluding hydrogens is 324 g/mol. The molecule has 2 heterocycles. The van der Waals surface area contributed by atoms with Gasteiger partial charge in [0.2, 0.25) is 5.88 Å². The first-order valence-electron chi connectivity index (χ1n) is 5.41. The third kappa shape index (κ3) is 3.44. The van der Waals surface area contributed by atoms with Gasteiger partial charge in [-0.25, -0.2) is 13.6 Å². The van der Waals surface area contributed by atoms with Crippen LogP contribution in [-0.4, -0.2) is 47.4 Å². The maximum Gasteiger partial charge on any atom is 0.282 e. The molecule has 12 heteroatoms. The Balaban J connectivity index is 2.61. The number of methoxy groups -OCH3 is 2. The normalized spacial score (nSPS) is 11.6. The summed E-state index contributed by atoms with van der Waals surface area (Å²) < 4.78 is 33.6. The summed E-state index contributed by atoms with van der Waals surface area (Å²) in [4.78, 5) is 11.7. The lowest BCUT2D eigenvalue weighted by atomic mass is 10.6. The van der Waals surface area contributed by atoms with Crippen LogP contribution in [-0.2, 0) is 21.4 Å². The lowest BCUT2D eigenvalue weighted by molar-refractivity contribution is 0.175. The molecule has 0 aliphatic carbocycles. The predicted molar refractivity (Wildman–Crippen MR) is 70.6 cm³/mol. The molecule has 10 nitrogen and oxygen atoms in total. The summed E-state index contributed by atoms with van der Waals surface area (Å²) in [6.45, 7) is -0.0271. The number of hydrogen-bond donors (Lipinski definition) is 1. The minimum atomic E-state index is -4.08. The Hall–Kier alpha value is -1.82. The maximum atomic E-state index is 11.3. The van der Waals surface area contributed by atoms with Crippen molar-refractivity contribution < 1.29 is 17.9 Å². The van der Waals surface area contributed by atoms with Gasteiger partial charge in [-0.2, -0.15) is 19.6 Å². The molecule has 0 spiro atoms. The van der Waals surface area contributed by atoms with Crippen molar-refractivity contribution in [1.82, 2.24) is 24.7 Å². The van der Waals surface area contributed by atoms with Gasteiger partial charge in [0.1, 0.15) is 11.8 Å². The molecular formula is C9H11ClN6O4S. The lowest BCUT2D eigenvalue weighted by Crippen LogP contribution is -2.14. The van der Waals surface area contributed by atoms with E-state index in [0.717, 1.165) is 4.68 Å². The topological polar surface area (TPSA) is 135 Å². The zero-order chi connectivity index (χ0) is 15.6. The van der Waals surface area contributed by atoms with Crippen LogP contribution in [0.1, 0.15) is 5.82 Å². The van der Waals surface area contributed by atoms with Crippen molar-refractivity contribution in [3.8, 4) is 11.8 Å². The molecule has 0 aliphatic heterocycles. The number of rotatable bonds is 5. The van der Waals surface area contributed by atoms with Crippen molar-refractivity contribution in [3.05, 3.63) is 17.0 Å². The number of nitrogens with zero attached hydrogens (tertiary/aromatic N) is 5. The molecule has 0 bridgehead atoms. The number of sulfonamides is 1. The number of hydrogen-bond acceptors (Lipinski definition) is 8. The van der Waals surface area contributed by atoms with Crippen molar-refractivity contribution in [1.29, 1.82) is 0 Å². The third-order valence-corrected chi connectivity index (χ3v) is 3.12. The fraction of sp³-hybridized carbons (Fsp3) is 0.333. The van der Waals surface area contributed by atoms with Crippen molar-refractivity contribution in [2.24, 2.45) is 5.14 Å². The van der Waals surface area contributed by atoms with E-state index in [1.165, 1.54) is 20.3 Å². The molecule has 0 saturated heterocycles. The number of aromatic nitrogens is 5. The second-order valence-corrected chi connectivity index (χ2v) is 5.58. The Labute approximate surface area is 124 Å². The van der Waals surface area contributed by atoms with E-state index in [2.05, 4.69) is 20.1 Å². The first kappa shape index (κ1) is 15.6. The van der Waals surface area contributed by atoms with Gasteiger partial charge in [0.25, 0.3) is 21.1 Å². The third-order valence-electron chi connectivity index (χ3n) is 2.24.